The summed E-state index contributed by atoms with van der Waals surface area (Å²) < 4.78 is 65.7. The van der Waals surface area contributed by atoms with E-state index >= 15 is 0 Å². The van der Waals surface area contributed by atoms with Gasteiger partial charge in [-0.2, -0.15) is 0 Å². The van der Waals surface area contributed by atoms with Gasteiger partial charge in [-0.25, -0.2) is 22.0 Å². The highest BCUT2D eigenvalue weighted by Crippen LogP contribution is 2.24. The van der Waals surface area contributed by atoms with Crippen LogP contribution in [0, 0.1) is 29.1 Å². The summed E-state index contributed by atoms with van der Waals surface area (Å²) in [7, 11) is 0. The molecule has 1 rings (SSSR count). The van der Waals surface area contributed by atoms with Gasteiger partial charge in [0.25, 0.3) is 0 Å². The third-order valence-electron chi connectivity index (χ3n) is 2.43. The van der Waals surface area contributed by atoms with E-state index in [-0.39, 0.29) is 6.54 Å². The molecule has 0 fully saturated rings. The third kappa shape index (κ3) is 3.32. The summed E-state index contributed by atoms with van der Waals surface area (Å²) in [6, 6.07) is 0. The summed E-state index contributed by atoms with van der Waals surface area (Å²) in [6.07, 6.45) is 1.25. The first kappa shape index (κ1) is 16.1. The smallest absolute Gasteiger partial charge is 0.317 e. The lowest BCUT2D eigenvalue weighted by Crippen LogP contribution is -2.30. The van der Waals surface area contributed by atoms with E-state index in [1.807, 2.05) is 0 Å². The Bertz CT molecular complexity index is 518. The number of carbonyl (C=O) groups is 1. The fraction of sp³-hybridized carbons (Fsp3) is 0.250. The van der Waals surface area contributed by atoms with Crippen molar-refractivity contribution in [2.45, 2.75) is 6.54 Å². The van der Waals surface area contributed by atoms with E-state index in [2.05, 4.69) is 6.58 Å². The maximum atomic E-state index is 13.4. The summed E-state index contributed by atoms with van der Waals surface area (Å²) in [5.41, 5.74) is -1.08. The largest absolute Gasteiger partial charge is 0.480 e. The number of carboxylic acid groups (broad SMARTS) is 1. The molecule has 3 nitrogen and oxygen atoms in total. The van der Waals surface area contributed by atoms with E-state index in [0.717, 1.165) is 4.90 Å². The third-order valence-corrected chi connectivity index (χ3v) is 2.43. The highest BCUT2D eigenvalue weighted by Gasteiger charge is 2.26. The quantitative estimate of drug-likeness (QED) is 0.379. The van der Waals surface area contributed by atoms with Crippen molar-refractivity contribution >= 4 is 5.97 Å². The van der Waals surface area contributed by atoms with E-state index < -0.39 is 53.7 Å². The van der Waals surface area contributed by atoms with Crippen molar-refractivity contribution < 1.29 is 31.9 Å². The van der Waals surface area contributed by atoms with Gasteiger partial charge in [0.2, 0.25) is 5.82 Å². The molecule has 20 heavy (non-hydrogen) atoms. The average Bonchev–Trinajstić information content (AvgIpc) is 2.38. The first-order valence-corrected chi connectivity index (χ1v) is 5.34. The van der Waals surface area contributed by atoms with E-state index in [4.69, 9.17) is 5.11 Å². The number of halogens is 5. The number of nitrogens with zero attached hydrogens (tertiary/aromatic N) is 1. The molecule has 0 saturated heterocycles. The maximum Gasteiger partial charge on any atom is 0.317 e. The van der Waals surface area contributed by atoms with E-state index in [9.17, 15) is 26.7 Å². The Balaban J connectivity index is 3.18. The summed E-state index contributed by atoms with van der Waals surface area (Å²) in [4.78, 5) is 11.5. The minimum absolute atomic E-state index is 0.0915. The van der Waals surface area contributed by atoms with Crippen LogP contribution in [0.4, 0.5) is 22.0 Å². The summed E-state index contributed by atoms with van der Waals surface area (Å²) in [5.74, 6) is -11.6. The minimum atomic E-state index is -2.25. The van der Waals surface area contributed by atoms with Gasteiger partial charge in [0.05, 0.1) is 6.54 Å². The van der Waals surface area contributed by atoms with Gasteiger partial charge in [-0.1, -0.05) is 6.08 Å². The molecule has 0 saturated carbocycles. The second-order valence-corrected chi connectivity index (χ2v) is 3.90. The van der Waals surface area contributed by atoms with Crippen LogP contribution >= 0.6 is 0 Å². The van der Waals surface area contributed by atoms with Gasteiger partial charge in [0, 0.05) is 18.7 Å². The molecule has 0 aliphatic rings. The van der Waals surface area contributed by atoms with Crippen LogP contribution in [-0.2, 0) is 11.3 Å². The van der Waals surface area contributed by atoms with Crippen LogP contribution in [0.5, 0.6) is 0 Å². The minimum Gasteiger partial charge on any atom is -0.480 e. The fourth-order valence-electron chi connectivity index (χ4n) is 1.57. The molecule has 0 unspecified atom stereocenters. The molecular formula is C12H10F5NO2. The molecule has 1 N–H and O–H groups in total. The molecule has 0 amide bonds. The number of benzene rings is 1. The highest BCUT2D eigenvalue weighted by atomic mass is 19.2. The van der Waals surface area contributed by atoms with E-state index in [1.54, 1.807) is 0 Å². The van der Waals surface area contributed by atoms with Crippen molar-refractivity contribution in [1.29, 1.82) is 0 Å². The van der Waals surface area contributed by atoms with E-state index in [1.165, 1.54) is 6.08 Å². The lowest BCUT2D eigenvalue weighted by molar-refractivity contribution is -0.138. The van der Waals surface area contributed by atoms with Crippen molar-refractivity contribution in [3.8, 4) is 0 Å². The molecule has 8 heteroatoms. The Morgan fingerprint density at radius 1 is 1.05 bits per heavy atom. The molecule has 0 bridgehead atoms. The Kier molecular flexibility index (Phi) is 5.20. The zero-order chi connectivity index (χ0) is 15.4. The Labute approximate surface area is 110 Å². The van der Waals surface area contributed by atoms with Crippen LogP contribution in [0.1, 0.15) is 5.56 Å². The molecule has 1 aromatic carbocycles. The number of aliphatic carboxylic acids is 1. The van der Waals surface area contributed by atoms with Crippen LogP contribution in [-0.4, -0.2) is 29.1 Å². The SMILES string of the molecule is C=CCN(CC(=O)O)Cc1c(F)c(F)c(F)c(F)c1F. The predicted molar refractivity (Wildman–Crippen MR) is 59.3 cm³/mol. The second kappa shape index (κ2) is 6.47. The highest BCUT2D eigenvalue weighted by molar-refractivity contribution is 5.69. The molecule has 0 spiro atoms. The molecule has 0 radical (unpaired) electrons. The van der Waals surface area contributed by atoms with Gasteiger partial charge in [0.1, 0.15) is 0 Å². The Hall–Kier alpha value is -1.96. The van der Waals surface area contributed by atoms with Crippen molar-refractivity contribution in [3.63, 3.8) is 0 Å². The molecule has 0 atom stereocenters. The van der Waals surface area contributed by atoms with Crippen molar-refractivity contribution in [1.82, 2.24) is 4.90 Å². The van der Waals surface area contributed by atoms with Crippen molar-refractivity contribution in [2.24, 2.45) is 0 Å². The zero-order valence-corrected chi connectivity index (χ0v) is 10.1. The first-order valence-electron chi connectivity index (χ1n) is 5.34. The Morgan fingerprint density at radius 2 is 1.50 bits per heavy atom. The standard InChI is InChI=1S/C12H10F5NO2/c1-2-3-18(5-7(19)20)4-6-8(13)10(15)12(17)11(16)9(6)14/h2H,1,3-5H2,(H,19,20). The predicted octanol–water partition coefficient (Wildman–Crippen LogP) is 2.45. The number of hydrogen-bond acceptors (Lipinski definition) is 2. The maximum absolute atomic E-state index is 13.4. The summed E-state index contributed by atoms with van der Waals surface area (Å²) in [6.45, 7) is 1.84. The van der Waals surface area contributed by atoms with Gasteiger partial charge < -0.3 is 5.11 Å². The average molecular weight is 295 g/mol. The van der Waals surface area contributed by atoms with E-state index in [0.29, 0.717) is 0 Å². The monoisotopic (exact) mass is 295 g/mol. The second-order valence-electron chi connectivity index (χ2n) is 3.90. The molecule has 0 aliphatic carbocycles. The molecular weight excluding hydrogens is 285 g/mol. The number of rotatable bonds is 6. The zero-order valence-electron chi connectivity index (χ0n) is 10.1. The normalized spacial score (nSPS) is 10.9. The molecule has 1 aromatic rings. The summed E-state index contributed by atoms with van der Waals surface area (Å²) >= 11 is 0. The van der Waals surface area contributed by atoms with Gasteiger partial charge in [-0.05, 0) is 0 Å². The van der Waals surface area contributed by atoms with Gasteiger partial charge in [-0.15, -0.1) is 6.58 Å². The molecule has 110 valence electrons. The van der Waals surface area contributed by atoms with Crippen molar-refractivity contribution in [3.05, 3.63) is 47.3 Å². The lowest BCUT2D eigenvalue weighted by atomic mass is 10.1. The molecule has 0 aromatic heterocycles. The number of hydrogen-bond donors (Lipinski definition) is 1. The van der Waals surface area contributed by atoms with Crippen LogP contribution in [0.25, 0.3) is 0 Å². The fourth-order valence-corrected chi connectivity index (χ4v) is 1.57. The van der Waals surface area contributed by atoms with Crippen LogP contribution in [0.15, 0.2) is 12.7 Å². The van der Waals surface area contributed by atoms with Gasteiger partial charge in [0.15, 0.2) is 23.3 Å². The van der Waals surface area contributed by atoms with Crippen molar-refractivity contribution in [2.75, 3.05) is 13.1 Å². The topological polar surface area (TPSA) is 40.5 Å². The summed E-state index contributed by atoms with van der Waals surface area (Å²) in [5, 5.41) is 8.61. The molecule has 0 aliphatic heterocycles. The van der Waals surface area contributed by atoms with Gasteiger partial charge in [-0.3, -0.25) is 9.69 Å². The first-order chi connectivity index (χ1) is 9.29. The van der Waals surface area contributed by atoms with Crippen LogP contribution < -0.4 is 0 Å². The Morgan fingerprint density at radius 3 is 1.90 bits per heavy atom. The number of carboxylic acids is 1. The van der Waals surface area contributed by atoms with Crippen LogP contribution in [0.3, 0.4) is 0 Å². The lowest BCUT2D eigenvalue weighted by Gasteiger charge is -2.19. The van der Waals surface area contributed by atoms with Gasteiger partial charge >= 0.3 is 5.97 Å². The molecule has 0 heterocycles. The van der Waals surface area contributed by atoms with Crippen LogP contribution in [0.2, 0.25) is 0 Å².